The maximum absolute atomic E-state index is 11.6. The number of allylic oxidation sites excluding steroid dienone is 2. The number of carbonyl (C=O) groups excluding carboxylic acids is 1. The highest BCUT2D eigenvalue weighted by molar-refractivity contribution is 5.96. The topological polar surface area (TPSA) is 26.3 Å². The average Bonchev–Trinajstić information content (AvgIpc) is 2.63. The van der Waals surface area contributed by atoms with Gasteiger partial charge in [-0.3, -0.25) is 4.79 Å². The number of Topliss-reactive ketones (excluding diaryl/α,β-unsaturated/α-hetero) is 1. The van der Waals surface area contributed by atoms with Gasteiger partial charge in [-0.1, -0.05) is 30.3 Å². The van der Waals surface area contributed by atoms with E-state index in [0.717, 1.165) is 0 Å². The summed E-state index contributed by atoms with van der Waals surface area (Å²) in [7, 11) is 0. The van der Waals surface area contributed by atoms with Crippen LogP contribution >= 0.6 is 0 Å². The fraction of sp³-hybridized carbons (Fsp3) is 0.308. The molecule has 0 bridgehead atoms. The molecule has 0 amide bonds. The van der Waals surface area contributed by atoms with Gasteiger partial charge in [-0.15, -0.1) is 0 Å². The van der Waals surface area contributed by atoms with E-state index in [0.29, 0.717) is 18.8 Å². The van der Waals surface area contributed by atoms with Crippen molar-refractivity contribution < 1.29 is 9.53 Å². The van der Waals surface area contributed by atoms with Crippen LogP contribution < -0.4 is 0 Å². The molecular formula is C13H14O2. The Morgan fingerprint density at radius 1 is 1.33 bits per heavy atom. The number of rotatable bonds is 3. The molecule has 1 unspecified atom stereocenters. The molecule has 1 aliphatic rings. The van der Waals surface area contributed by atoms with Gasteiger partial charge in [0.05, 0.1) is 6.61 Å². The molecule has 78 valence electrons. The summed E-state index contributed by atoms with van der Waals surface area (Å²) in [6.07, 6.45) is 2.47. The molecule has 2 heteroatoms. The van der Waals surface area contributed by atoms with Gasteiger partial charge >= 0.3 is 0 Å². The molecule has 0 aromatic heterocycles. The van der Waals surface area contributed by atoms with Crippen molar-refractivity contribution in [2.24, 2.45) is 0 Å². The van der Waals surface area contributed by atoms with Crippen LogP contribution in [0.1, 0.15) is 24.8 Å². The molecular weight excluding hydrogens is 188 g/mol. The number of ketones is 1. The van der Waals surface area contributed by atoms with Crippen molar-refractivity contribution in [3.8, 4) is 0 Å². The predicted octanol–water partition coefficient (Wildman–Crippen LogP) is 2.66. The summed E-state index contributed by atoms with van der Waals surface area (Å²) in [5.41, 5.74) is 1.18. The Balaban J connectivity index is 2.18. The molecule has 1 atom stereocenters. The van der Waals surface area contributed by atoms with E-state index in [2.05, 4.69) is 0 Å². The lowest BCUT2D eigenvalue weighted by atomic mass is 9.99. The van der Waals surface area contributed by atoms with Crippen LogP contribution in [0.15, 0.2) is 42.2 Å². The maximum Gasteiger partial charge on any atom is 0.197 e. The van der Waals surface area contributed by atoms with Gasteiger partial charge in [-0.25, -0.2) is 0 Å². The van der Waals surface area contributed by atoms with Gasteiger partial charge in [-0.2, -0.15) is 0 Å². The smallest absolute Gasteiger partial charge is 0.197 e. The Morgan fingerprint density at radius 3 is 2.73 bits per heavy atom. The summed E-state index contributed by atoms with van der Waals surface area (Å²) < 4.78 is 5.28. The highest BCUT2D eigenvalue weighted by Gasteiger charge is 2.25. The van der Waals surface area contributed by atoms with E-state index < -0.39 is 0 Å². The zero-order chi connectivity index (χ0) is 10.7. The zero-order valence-electron chi connectivity index (χ0n) is 8.77. The van der Waals surface area contributed by atoms with Crippen molar-refractivity contribution in [3.63, 3.8) is 0 Å². The standard InChI is InChI=1S/C13H14O2/c1-2-15-13-9-11(8-12(13)14)10-6-4-3-5-7-10/h3-7,9,11H,2,8H2,1H3. The monoisotopic (exact) mass is 202 g/mol. The summed E-state index contributed by atoms with van der Waals surface area (Å²) in [6.45, 7) is 2.45. The summed E-state index contributed by atoms with van der Waals surface area (Å²) in [5.74, 6) is 0.845. The van der Waals surface area contributed by atoms with E-state index in [-0.39, 0.29) is 11.7 Å². The van der Waals surface area contributed by atoms with Gasteiger partial charge in [0, 0.05) is 12.3 Å². The SMILES string of the molecule is CCOC1=CC(c2ccccc2)CC1=O. The summed E-state index contributed by atoms with van der Waals surface area (Å²) >= 11 is 0. The second-order valence-corrected chi connectivity index (χ2v) is 3.61. The van der Waals surface area contributed by atoms with Crippen LogP contribution in [0, 0.1) is 0 Å². The molecule has 1 aliphatic carbocycles. The molecule has 15 heavy (non-hydrogen) atoms. The van der Waals surface area contributed by atoms with E-state index in [4.69, 9.17) is 4.74 Å². The zero-order valence-corrected chi connectivity index (χ0v) is 8.77. The third-order valence-electron chi connectivity index (χ3n) is 2.56. The van der Waals surface area contributed by atoms with Crippen molar-refractivity contribution in [2.75, 3.05) is 6.61 Å². The third kappa shape index (κ3) is 2.09. The number of hydrogen-bond acceptors (Lipinski definition) is 2. The first-order chi connectivity index (χ1) is 7.31. The van der Waals surface area contributed by atoms with Crippen LogP contribution in [0.2, 0.25) is 0 Å². The molecule has 0 heterocycles. The van der Waals surface area contributed by atoms with Crippen molar-refractivity contribution >= 4 is 5.78 Å². The molecule has 0 fully saturated rings. The number of carbonyl (C=O) groups is 1. The first kappa shape index (κ1) is 9.97. The number of hydrogen-bond donors (Lipinski definition) is 0. The Bertz CT molecular complexity index is 379. The van der Waals surface area contributed by atoms with Gasteiger partial charge in [0.2, 0.25) is 0 Å². The van der Waals surface area contributed by atoms with E-state index in [1.54, 1.807) is 0 Å². The van der Waals surface area contributed by atoms with Crippen molar-refractivity contribution in [1.82, 2.24) is 0 Å². The van der Waals surface area contributed by atoms with Gasteiger partial charge in [0.15, 0.2) is 11.5 Å². The lowest BCUT2D eigenvalue weighted by molar-refractivity contribution is -0.118. The molecule has 0 spiro atoms. The minimum atomic E-state index is 0.116. The average molecular weight is 202 g/mol. The van der Waals surface area contributed by atoms with Crippen molar-refractivity contribution in [1.29, 1.82) is 0 Å². The van der Waals surface area contributed by atoms with Gasteiger partial charge in [0.25, 0.3) is 0 Å². The fourth-order valence-corrected chi connectivity index (χ4v) is 1.83. The lowest BCUT2D eigenvalue weighted by Crippen LogP contribution is -2.00. The van der Waals surface area contributed by atoms with Gasteiger partial charge in [0.1, 0.15) is 0 Å². The Morgan fingerprint density at radius 2 is 2.07 bits per heavy atom. The van der Waals surface area contributed by atoms with Crippen LogP contribution in [-0.4, -0.2) is 12.4 Å². The minimum Gasteiger partial charge on any atom is -0.490 e. The quantitative estimate of drug-likeness (QED) is 0.753. The van der Waals surface area contributed by atoms with Crippen molar-refractivity contribution in [2.45, 2.75) is 19.3 Å². The molecule has 1 aromatic carbocycles. The van der Waals surface area contributed by atoms with E-state index in [1.807, 2.05) is 43.3 Å². The van der Waals surface area contributed by atoms with Gasteiger partial charge in [-0.05, 0) is 18.6 Å². The molecule has 2 rings (SSSR count). The Kier molecular flexibility index (Phi) is 2.86. The second kappa shape index (κ2) is 4.30. The molecule has 1 aromatic rings. The fourth-order valence-electron chi connectivity index (χ4n) is 1.83. The third-order valence-corrected chi connectivity index (χ3v) is 2.56. The lowest BCUT2D eigenvalue weighted by Gasteiger charge is -2.04. The van der Waals surface area contributed by atoms with Crippen LogP contribution in [-0.2, 0) is 9.53 Å². The highest BCUT2D eigenvalue weighted by atomic mass is 16.5. The molecule has 0 saturated carbocycles. The Hall–Kier alpha value is -1.57. The largest absolute Gasteiger partial charge is 0.490 e. The minimum absolute atomic E-state index is 0.116. The molecule has 0 aliphatic heterocycles. The van der Waals surface area contributed by atoms with Crippen LogP contribution in [0.25, 0.3) is 0 Å². The first-order valence-corrected chi connectivity index (χ1v) is 5.24. The van der Waals surface area contributed by atoms with Crippen LogP contribution in [0.4, 0.5) is 0 Å². The van der Waals surface area contributed by atoms with Crippen LogP contribution in [0.3, 0.4) is 0 Å². The van der Waals surface area contributed by atoms with Crippen LogP contribution in [0.5, 0.6) is 0 Å². The number of benzene rings is 1. The van der Waals surface area contributed by atoms with E-state index in [9.17, 15) is 4.79 Å². The maximum atomic E-state index is 11.6. The van der Waals surface area contributed by atoms with E-state index >= 15 is 0 Å². The first-order valence-electron chi connectivity index (χ1n) is 5.24. The predicted molar refractivity (Wildman–Crippen MR) is 58.5 cm³/mol. The van der Waals surface area contributed by atoms with E-state index in [1.165, 1.54) is 5.56 Å². The molecule has 2 nitrogen and oxygen atoms in total. The second-order valence-electron chi connectivity index (χ2n) is 3.61. The Labute approximate surface area is 89.6 Å². The van der Waals surface area contributed by atoms with Gasteiger partial charge < -0.3 is 4.74 Å². The number of ether oxygens (including phenoxy) is 1. The molecule has 0 radical (unpaired) electrons. The normalized spacial score (nSPS) is 20.2. The molecule has 0 saturated heterocycles. The highest BCUT2D eigenvalue weighted by Crippen LogP contribution is 2.30. The summed E-state index contributed by atoms with van der Waals surface area (Å²) in [6, 6.07) is 10.1. The van der Waals surface area contributed by atoms with Crippen molar-refractivity contribution in [3.05, 3.63) is 47.7 Å². The summed E-state index contributed by atoms with van der Waals surface area (Å²) in [5, 5.41) is 0. The molecule has 0 N–H and O–H groups in total. The summed E-state index contributed by atoms with van der Waals surface area (Å²) in [4.78, 5) is 11.6.